The molecule has 2 aromatic heterocycles. The van der Waals surface area contributed by atoms with Crippen molar-refractivity contribution >= 4 is 11.8 Å². The van der Waals surface area contributed by atoms with Crippen LogP contribution in [0.1, 0.15) is 37.7 Å². The van der Waals surface area contributed by atoms with E-state index >= 15 is 0 Å². The van der Waals surface area contributed by atoms with Gasteiger partial charge in [-0.05, 0) is 19.4 Å². The zero-order chi connectivity index (χ0) is 13.8. The number of rotatable bonds is 6. The van der Waals surface area contributed by atoms with Crippen molar-refractivity contribution in [1.82, 2.24) is 19.3 Å². The van der Waals surface area contributed by atoms with Gasteiger partial charge < -0.3 is 9.67 Å². The van der Waals surface area contributed by atoms with Crippen LogP contribution in [0.15, 0.2) is 23.6 Å². The highest BCUT2D eigenvalue weighted by Gasteiger charge is 2.09. The summed E-state index contributed by atoms with van der Waals surface area (Å²) in [6, 6.07) is 2.49. The Labute approximate surface area is 117 Å². The molecule has 0 amide bonds. The largest absolute Gasteiger partial charge is 0.390 e. The summed E-state index contributed by atoms with van der Waals surface area (Å²) in [6.45, 7) is 4.34. The predicted octanol–water partition coefficient (Wildman–Crippen LogP) is 2.37. The first-order valence-electron chi connectivity index (χ1n) is 6.44. The molecule has 0 fully saturated rings. The maximum Gasteiger partial charge on any atom is 0.168 e. The first kappa shape index (κ1) is 14.1. The minimum atomic E-state index is 0.0205. The van der Waals surface area contributed by atoms with E-state index in [1.807, 2.05) is 22.5 Å². The third-order valence-electron chi connectivity index (χ3n) is 3.26. The lowest BCUT2D eigenvalue weighted by Crippen LogP contribution is -2.04. The van der Waals surface area contributed by atoms with Gasteiger partial charge in [0.05, 0.1) is 24.2 Å². The van der Waals surface area contributed by atoms with Gasteiger partial charge in [-0.1, -0.05) is 18.7 Å². The number of nitrogens with zero attached hydrogens (tertiary/aromatic N) is 4. The first-order chi connectivity index (χ1) is 9.15. The normalized spacial score (nSPS) is 12.8. The van der Waals surface area contributed by atoms with Crippen molar-refractivity contribution in [2.45, 2.75) is 43.8 Å². The smallest absolute Gasteiger partial charge is 0.168 e. The molecule has 1 unspecified atom stereocenters. The highest BCUT2D eigenvalue weighted by Crippen LogP contribution is 2.22. The van der Waals surface area contributed by atoms with Crippen LogP contribution < -0.4 is 0 Å². The number of aliphatic hydroxyl groups is 1. The van der Waals surface area contributed by atoms with Crippen molar-refractivity contribution in [3.63, 3.8) is 0 Å². The summed E-state index contributed by atoms with van der Waals surface area (Å²) in [5.41, 5.74) is 1.88. The first-order valence-corrected chi connectivity index (χ1v) is 7.42. The molecule has 0 aliphatic rings. The molecule has 0 aromatic carbocycles. The van der Waals surface area contributed by atoms with Crippen LogP contribution in [0.2, 0.25) is 0 Å². The van der Waals surface area contributed by atoms with Gasteiger partial charge in [-0.15, -0.1) is 0 Å². The molecule has 2 rings (SSSR count). The molecule has 0 aliphatic carbocycles. The molecule has 0 saturated carbocycles. The fourth-order valence-corrected chi connectivity index (χ4v) is 2.60. The average Bonchev–Trinajstić information content (AvgIpc) is 3.02. The Bertz CT molecular complexity index is 534. The van der Waals surface area contributed by atoms with Crippen molar-refractivity contribution in [2.24, 2.45) is 7.05 Å². The van der Waals surface area contributed by atoms with E-state index in [-0.39, 0.29) is 6.61 Å². The van der Waals surface area contributed by atoms with Gasteiger partial charge in [0.25, 0.3) is 0 Å². The molecule has 6 heteroatoms. The van der Waals surface area contributed by atoms with E-state index in [1.165, 1.54) is 0 Å². The molecular formula is C13H20N4OS. The molecule has 2 heterocycles. The van der Waals surface area contributed by atoms with E-state index in [0.29, 0.717) is 6.04 Å². The van der Waals surface area contributed by atoms with Crippen molar-refractivity contribution in [3.8, 4) is 0 Å². The van der Waals surface area contributed by atoms with Crippen LogP contribution in [-0.4, -0.2) is 24.4 Å². The zero-order valence-corrected chi connectivity index (χ0v) is 12.4. The van der Waals surface area contributed by atoms with E-state index in [9.17, 15) is 0 Å². The molecule has 0 bridgehead atoms. The maximum absolute atomic E-state index is 9.12. The number of imidazole rings is 1. The van der Waals surface area contributed by atoms with Gasteiger partial charge in [-0.2, -0.15) is 5.10 Å². The molecule has 0 radical (unpaired) electrons. The number of aromatic nitrogens is 4. The van der Waals surface area contributed by atoms with E-state index in [4.69, 9.17) is 5.11 Å². The Hall–Kier alpha value is -1.27. The van der Waals surface area contributed by atoms with Crippen molar-refractivity contribution in [1.29, 1.82) is 0 Å². The van der Waals surface area contributed by atoms with E-state index in [2.05, 4.69) is 30.0 Å². The fraction of sp³-hybridized carbons (Fsp3) is 0.538. The standard InChI is InChI=1S/C13H20N4OS/c1-4-10(2)17-6-5-11(15-17)9-19-13-14-7-12(8-18)16(13)3/h5-7,10,18H,4,8-9H2,1-3H3. The van der Waals surface area contributed by atoms with Gasteiger partial charge in [0, 0.05) is 25.0 Å². The molecule has 2 aromatic rings. The second kappa shape index (κ2) is 6.25. The molecule has 0 saturated heterocycles. The van der Waals surface area contributed by atoms with E-state index < -0.39 is 0 Å². The highest BCUT2D eigenvalue weighted by molar-refractivity contribution is 7.98. The molecule has 0 aliphatic heterocycles. The summed E-state index contributed by atoms with van der Waals surface area (Å²) in [5, 5.41) is 14.6. The van der Waals surface area contributed by atoms with Crippen LogP contribution in [-0.2, 0) is 19.4 Å². The second-order valence-corrected chi connectivity index (χ2v) is 5.52. The lowest BCUT2D eigenvalue weighted by molar-refractivity contribution is 0.271. The third kappa shape index (κ3) is 3.19. The molecular weight excluding hydrogens is 260 g/mol. The van der Waals surface area contributed by atoms with Crippen LogP contribution in [0, 0.1) is 0 Å². The maximum atomic E-state index is 9.12. The summed E-state index contributed by atoms with van der Waals surface area (Å²) in [7, 11) is 1.92. The van der Waals surface area contributed by atoms with E-state index in [0.717, 1.165) is 28.7 Å². The monoisotopic (exact) mass is 280 g/mol. The Morgan fingerprint density at radius 3 is 2.89 bits per heavy atom. The van der Waals surface area contributed by atoms with Gasteiger partial charge >= 0.3 is 0 Å². The third-order valence-corrected chi connectivity index (χ3v) is 4.34. The molecule has 0 spiro atoms. The Balaban J connectivity index is 1.98. The predicted molar refractivity (Wildman–Crippen MR) is 75.9 cm³/mol. The van der Waals surface area contributed by atoms with Crippen molar-refractivity contribution < 1.29 is 5.11 Å². The van der Waals surface area contributed by atoms with Gasteiger partial charge in [-0.3, -0.25) is 4.68 Å². The van der Waals surface area contributed by atoms with Crippen LogP contribution in [0.4, 0.5) is 0 Å². The molecule has 1 N–H and O–H groups in total. The second-order valence-electron chi connectivity index (χ2n) is 4.58. The Morgan fingerprint density at radius 2 is 2.26 bits per heavy atom. The fourth-order valence-electron chi connectivity index (χ4n) is 1.73. The lowest BCUT2D eigenvalue weighted by atomic mass is 10.3. The zero-order valence-electron chi connectivity index (χ0n) is 11.6. The van der Waals surface area contributed by atoms with Crippen molar-refractivity contribution in [2.75, 3.05) is 0 Å². The number of hydrogen-bond donors (Lipinski definition) is 1. The van der Waals surface area contributed by atoms with Crippen molar-refractivity contribution in [3.05, 3.63) is 29.8 Å². The summed E-state index contributed by atoms with van der Waals surface area (Å²) in [4.78, 5) is 4.29. The topological polar surface area (TPSA) is 55.9 Å². The molecule has 19 heavy (non-hydrogen) atoms. The van der Waals surface area contributed by atoms with Gasteiger partial charge in [-0.25, -0.2) is 4.98 Å². The number of aliphatic hydroxyl groups excluding tert-OH is 1. The number of hydrogen-bond acceptors (Lipinski definition) is 4. The highest BCUT2D eigenvalue weighted by atomic mass is 32.2. The summed E-state index contributed by atoms with van der Waals surface area (Å²) in [5.74, 6) is 0.791. The van der Waals surface area contributed by atoms with Gasteiger partial charge in [0.2, 0.25) is 0 Å². The average molecular weight is 280 g/mol. The summed E-state index contributed by atoms with van der Waals surface area (Å²) < 4.78 is 3.92. The quantitative estimate of drug-likeness (QED) is 0.825. The summed E-state index contributed by atoms with van der Waals surface area (Å²) >= 11 is 1.63. The Morgan fingerprint density at radius 1 is 1.47 bits per heavy atom. The molecule has 104 valence electrons. The van der Waals surface area contributed by atoms with Crippen LogP contribution in [0.3, 0.4) is 0 Å². The number of thioether (sulfide) groups is 1. The SMILES string of the molecule is CCC(C)n1ccc(CSc2ncc(CO)n2C)n1. The summed E-state index contributed by atoms with van der Waals surface area (Å²) in [6.07, 6.45) is 4.81. The lowest BCUT2D eigenvalue weighted by Gasteiger charge is -2.08. The minimum absolute atomic E-state index is 0.0205. The molecule has 5 nitrogen and oxygen atoms in total. The van der Waals surface area contributed by atoms with Gasteiger partial charge in [0.1, 0.15) is 0 Å². The Kier molecular flexibility index (Phi) is 4.66. The van der Waals surface area contributed by atoms with Crippen LogP contribution in [0.5, 0.6) is 0 Å². The van der Waals surface area contributed by atoms with Crippen LogP contribution in [0.25, 0.3) is 0 Å². The van der Waals surface area contributed by atoms with Gasteiger partial charge in [0.15, 0.2) is 5.16 Å². The molecule has 1 atom stereocenters. The minimum Gasteiger partial charge on any atom is -0.390 e. The van der Waals surface area contributed by atoms with E-state index in [1.54, 1.807) is 18.0 Å². The van der Waals surface area contributed by atoms with Crippen LogP contribution >= 0.6 is 11.8 Å².